The van der Waals surface area contributed by atoms with Gasteiger partial charge in [0.1, 0.15) is 14.5 Å². The van der Waals surface area contributed by atoms with Gasteiger partial charge in [-0.2, -0.15) is 0 Å². The summed E-state index contributed by atoms with van der Waals surface area (Å²) < 4.78 is 27.6. The first-order valence-corrected chi connectivity index (χ1v) is 13.2. The third kappa shape index (κ3) is 3.99. The minimum atomic E-state index is -3.64. The molecule has 3 aromatic rings. The van der Waals surface area contributed by atoms with Crippen LogP contribution < -0.4 is 4.31 Å². The highest BCUT2D eigenvalue weighted by atomic mass is 32.2. The van der Waals surface area contributed by atoms with Crippen LogP contribution in [-0.4, -0.2) is 61.2 Å². The zero-order valence-electron chi connectivity index (χ0n) is 17.5. The molecule has 7 nitrogen and oxygen atoms in total. The molecule has 4 rings (SSSR count). The number of hydrogen-bond donors (Lipinski definition) is 1. The molecule has 31 heavy (non-hydrogen) atoms. The van der Waals surface area contributed by atoms with Gasteiger partial charge in [-0.3, -0.25) is 14.1 Å². The van der Waals surface area contributed by atoms with E-state index in [0.717, 1.165) is 21.6 Å². The van der Waals surface area contributed by atoms with Crippen LogP contribution in [-0.2, 0) is 14.8 Å². The summed E-state index contributed by atoms with van der Waals surface area (Å²) in [5, 5.41) is 3.20. The number of thioether (sulfide) groups is 1. The van der Waals surface area contributed by atoms with Crippen LogP contribution in [0.3, 0.4) is 0 Å². The molecule has 1 N–H and O–H groups in total. The summed E-state index contributed by atoms with van der Waals surface area (Å²) in [5.41, 5.74) is 2.09. The molecule has 164 valence electrons. The average molecular weight is 477 g/mol. The fourth-order valence-electron chi connectivity index (χ4n) is 3.58. The quantitative estimate of drug-likeness (QED) is 0.562. The topological polar surface area (TPSA) is 85.8 Å². The molecule has 1 aliphatic rings. The molecule has 2 aromatic heterocycles. The summed E-state index contributed by atoms with van der Waals surface area (Å²) in [4.78, 5) is 22.4. The maximum absolute atomic E-state index is 13.0. The van der Waals surface area contributed by atoms with E-state index >= 15 is 0 Å². The number of nitrogens with zero attached hydrogens (tertiary/aromatic N) is 3. The fourth-order valence-corrected chi connectivity index (χ4v) is 7.01. The van der Waals surface area contributed by atoms with Crippen LogP contribution in [0.15, 0.2) is 51.0 Å². The van der Waals surface area contributed by atoms with Gasteiger partial charge in [0.15, 0.2) is 0 Å². The summed E-state index contributed by atoms with van der Waals surface area (Å²) in [6.07, 6.45) is 0. The zero-order chi connectivity index (χ0) is 22.2. The molecule has 1 unspecified atom stereocenters. The maximum Gasteiger partial charge on any atom is 0.273 e. The van der Waals surface area contributed by atoms with Crippen LogP contribution in [0.4, 0.5) is 5.69 Å². The lowest BCUT2D eigenvalue weighted by molar-refractivity contribution is -0.129. The van der Waals surface area contributed by atoms with Gasteiger partial charge in [0.2, 0.25) is 5.91 Å². The van der Waals surface area contributed by atoms with Crippen LogP contribution >= 0.6 is 23.1 Å². The number of fused-ring (bicyclic) bond motifs is 1. The van der Waals surface area contributed by atoms with E-state index in [4.69, 9.17) is 0 Å². The normalized spacial score (nSPS) is 16.5. The van der Waals surface area contributed by atoms with Crippen molar-refractivity contribution in [3.8, 4) is 0 Å². The summed E-state index contributed by atoms with van der Waals surface area (Å²) in [7, 11) is -2.08. The van der Waals surface area contributed by atoms with E-state index in [2.05, 4.69) is 9.98 Å². The van der Waals surface area contributed by atoms with Gasteiger partial charge in [-0.05, 0) is 37.4 Å². The first-order chi connectivity index (χ1) is 14.9. The molecule has 0 saturated heterocycles. The van der Waals surface area contributed by atoms with Gasteiger partial charge in [-0.25, -0.2) is 8.42 Å². The van der Waals surface area contributed by atoms with Gasteiger partial charge in [0.25, 0.3) is 10.0 Å². The molecule has 1 aromatic carbocycles. The maximum atomic E-state index is 13.0. The summed E-state index contributed by atoms with van der Waals surface area (Å²) >= 11 is 2.66. The van der Waals surface area contributed by atoms with Crippen molar-refractivity contribution in [2.45, 2.75) is 23.3 Å². The number of benzene rings is 1. The molecule has 0 fully saturated rings. The highest BCUT2D eigenvalue weighted by molar-refractivity contribution is 8.15. The summed E-state index contributed by atoms with van der Waals surface area (Å²) in [5.74, 6) is 0.104. The van der Waals surface area contributed by atoms with Crippen molar-refractivity contribution in [3.63, 3.8) is 0 Å². The largest absolute Gasteiger partial charge is 0.351 e. The summed E-state index contributed by atoms with van der Waals surface area (Å²) in [6, 6.07) is 10.8. The number of hydrogen-bond acceptors (Lipinski definition) is 6. The molecule has 0 spiro atoms. The number of thiophene rings is 1. The van der Waals surface area contributed by atoms with E-state index in [9.17, 15) is 13.2 Å². The van der Waals surface area contributed by atoms with Crippen LogP contribution in [0.1, 0.15) is 19.5 Å². The number of H-pyrrole nitrogens is 1. The molecule has 1 amide bonds. The third-order valence-electron chi connectivity index (χ3n) is 5.32. The van der Waals surface area contributed by atoms with Crippen LogP contribution in [0.2, 0.25) is 0 Å². The number of sulfonamides is 1. The molecule has 0 radical (unpaired) electrons. The second-order valence-corrected chi connectivity index (χ2v) is 11.4. The number of carbonyl (C=O) groups is 1. The molecule has 1 atom stereocenters. The minimum Gasteiger partial charge on any atom is -0.351 e. The Balaban J connectivity index is 1.63. The first kappa shape index (κ1) is 21.9. The van der Waals surface area contributed by atoms with Crippen molar-refractivity contribution in [2.24, 2.45) is 4.99 Å². The Labute approximate surface area is 190 Å². The SMILES string of the molecule is CCN(CC)C(=O)C1CN=C(c2cc3cccc(N(C)S(=O)(=O)c4cccs4)c3[nH]2)S1. The monoisotopic (exact) mass is 476 g/mol. The average Bonchev–Trinajstić information content (AvgIpc) is 3.53. The highest BCUT2D eigenvalue weighted by Gasteiger charge is 2.31. The Bertz CT molecular complexity index is 1230. The Morgan fingerprint density at radius 3 is 2.68 bits per heavy atom. The van der Waals surface area contributed by atoms with E-state index in [1.807, 2.05) is 36.9 Å². The number of para-hydroxylation sites is 1. The standard InChI is InChI=1S/C21H24N4O3S3/c1-4-25(5-2)21(26)17-13-22-20(30-17)15-12-14-8-6-9-16(19(14)23-15)24(3)31(27,28)18-10-7-11-29-18/h6-12,17,23H,4-5,13H2,1-3H3. The van der Waals surface area contributed by atoms with Gasteiger partial charge in [0.05, 0.1) is 23.4 Å². The lowest BCUT2D eigenvalue weighted by Crippen LogP contribution is -2.38. The van der Waals surface area contributed by atoms with Gasteiger partial charge in [-0.1, -0.05) is 30.0 Å². The smallest absolute Gasteiger partial charge is 0.273 e. The fraction of sp³-hybridized carbons (Fsp3) is 0.333. The number of aliphatic imine (C=N–C) groups is 1. The van der Waals surface area contributed by atoms with Crippen molar-refractivity contribution in [2.75, 3.05) is 31.0 Å². The van der Waals surface area contributed by atoms with Gasteiger partial charge in [-0.15, -0.1) is 11.3 Å². The number of rotatable bonds is 7. The van der Waals surface area contributed by atoms with E-state index in [-0.39, 0.29) is 11.2 Å². The lowest BCUT2D eigenvalue weighted by atomic mass is 10.2. The van der Waals surface area contributed by atoms with Gasteiger partial charge < -0.3 is 9.88 Å². The van der Waals surface area contributed by atoms with Gasteiger partial charge >= 0.3 is 0 Å². The number of nitrogens with one attached hydrogen (secondary N) is 1. The van der Waals surface area contributed by atoms with Crippen LogP contribution in [0.5, 0.6) is 0 Å². The first-order valence-electron chi connectivity index (χ1n) is 10.0. The van der Waals surface area contributed by atoms with E-state index in [1.165, 1.54) is 27.4 Å². The Morgan fingerprint density at radius 1 is 1.23 bits per heavy atom. The Kier molecular flexibility index (Phi) is 6.14. The van der Waals surface area contributed by atoms with Gasteiger partial charge in [0, 0.05) is 25.5 Å². The summed E-state index contributed by atoms with van der Waals surface area (Å²) in [6.45, 7) is 5.76. The number of aromatic nitrogens is 1. The molecule has 1 aliphatic heterocycles. The minimum absolute atomic E-state index is 0.104. The second kappa shape index (κ2) is 8.68. The zero-order valence-corrected chi connectivity index (χ0v) is 20.0. The van der Waals surface area contributed by atoms with Crippen LogP contribution in [0, 0.1) is 0 Å². The van der Waals surface area contributed by atoms with Crippen molar-refractivity contribution in [3.05, 3.63) is 47.5 Å². The van der Waals surface area contributed by atoms with Crippen molar-refractivity contribution in [1.82, 2.24) is 9.88 Å². The molecular weight excluding hydrogens is 452 g/mol. The second-order valence-electron chi connectivity index (χ2n) is 7.09. The number of aromatic amines is 1. The van der Waals surface area contributed by atoms with E-state index in [1.54, 1.807) is 30.6 Å². The Morgan fingerprint density at radius 2 is 2.00 bits per heavy atom. The molecular formula is C21H24N4O3S3. The molecule has 0 aliphatic carbocycles. The highest BCUT2D eigenvalue weighted by Crippen LogP contribution is 2.34. The molecule has 0 bridgehead atoms. The van der Waals surface area contributed by atoms with Crippen molar-refractivity contribution < 1.29 is 13.2 Å². The third-order valence-corrected chi connectivity index (χ3v) is 9.67. The van der Waals surface area contributed by atoms with Crippen LogP contribution in [0.25, 0.3) is 10.9 Å². The van der Waals surface area contributed by atoms with Crippen molar-refractivity contribution >= 4 is 60.7 Å². The number of anilines is 1. The molecule has 10 heteroatoms. The number of amides is 1. The molecule has 3 heterocycles. The predicted octanol–water partition coefficient (Wildman–Crippen LogP) is 3.78. The Hall–Kier alpha value is -2.30. The van der Waals surface area contributed by atoms with E-state index in [0.29, 0.717) is 29.5 Å². The van der Waals surface area contributed by atoms with E-state index < -0.39 is 10.0 Å². The lowest BCUT2D eigenvalue weighted by Gasteiger charge is -2.21. The predicted molar refractivity (Wildman–Crippen MR) is 129 cm³/mol. The molecule has 0 saturated carbocycles. The van der Waals surface area contributed by atoms with Crippen molar-refractivity contribution in [1.29, 1.82) is 0 Å². The number of carbonyl (C=O) groups excluding carboxylic acids is 1.